The zero-order valence-electron chi connectivity index (χ0n) is 19.9. The van der Waals surface area contributed by atoms with Gasteiger partial charge >= 0.3 is 0 Å². The number of aromatic amines is 1. The van der Waals surface area contributed by atoms with Crippen LogP contribution in [0.1, 0.15) is 21.5 Å². The van der Waals surface area contributed by atoms with Gasteiger partial charge in [-0.25, -0.2) is 0 Å². The fourth-order valence-corrected chi connectivity index (χ4v) is 4.30. The number of carbonyl (C=O) groups is 2. The smallest absolute Gasteiger partial charge is 0.270 e. The lowest BCUT2D eigenvalue weighted by Gasteiger charge is -2.34. The van der Waals surface area contributed by atoms with E-state index >= 15 is 0 Å². The summed E-state index contributed by atoms with van der Waals surface area (Å²) in [6.07, 6.45) is 7.79. The number of amides is 2. The Bertz CT molecular complexity index is 1400. The number of nitrogens with one attached hydrogen (secondary N) is 2. The number of hydrogen-bond acceptors (Lipinski definition) is 3. The van der Waals surface area contributed by atoms with Crippen molar-refractivity contribution in [2.24, 2.45) is 0 Å². The summed E-state index contributed by atoms with van der Waals surface area (Å²) >= 11 is 0. The highest BCUT2D eigenvalue weighted by Gasteiger charge is 2.24. The standard InChI is InChI=1S/C30H28N4O2/c35-29(24-11-5-2-6-12-24)32-28(21-25-22-31-27-14-8-7-13-26(25)27)30(36)34-19-17-33(18-20-34)16-15-23-9-3-1-4-10-23/h1-16,21-22,31H,17-20H2,(H,32,35)/b16-15+,28-21-. The predicted octanol–water partition coefficient (Wildman–Crippen LogP) is 4.75. The first-order valence-electron chi connectivity index (χ1n) is 12.1. The molecule has 4 aromatic rings. The third-order valence-electron chi connectivity index (χ3n) is 6.31. The van der Waals surface area contributed by atoms with Gasteiger partial charge in [-0.3, -0.25) is 9.59 Å². The molecular weight excluding hydrogens is 448 g/mol. The Morgan fingerprint density at radius 3 is 2.22 bits per heavy atom. The fourth-order valence-electron chi connectivity index (χ4n) is 4.30. The molecule has 1 saturated heterocycles. The van der Waals surface area contributed by atoms with E-state index in [-0.39, 0.29) is 17.5 Å². The van der Waals surface area contributed by atoms with E-state index in [1.807, 2.05) is 66.9 Å². The predicted molar refractivity (Wildman–Crippen MR) is 144 cm³/mol. The van der Waals surface area contributed by atoms with Gasteiger partial charge in [0.1, 0.15) is 5.70 Å². The molecule has 180 valence electrons. The molecule has 5 rings (SSSR count). The number of H-pyrrole nitrogens is 1. The van der Waals surface area contributed by atoms with E-state index in [0.717, 1.165) is 35.1 Å². The van der Waals surface area contributed by atoms with Gasteiger partial charge in [0.25, 0.3) is 11.8 Å². The average Bonchev–Trinajstić information content (AvgIpc) is 3.35. The van der Waals surface area contributed by atoms with E-state index in [1.165, 1.54) is 0 Å². The minimum absolute atomic E-state index is 0.184. The van der Waals surface area contributed by atoms with Gasteiger partial charge in [-0.2, -0.15) is 0 Å². The number of aromatic nitrogens is 1. The summed E-state index contributed by atoms with van der Waals surface area (Å²) in [7, 11) is 0. The highest BCUT2D eigenvalue weighted by Crippen LogP contribution is 2.21. The van der Waals surface area contributed by atoms with Gasteiger partial charge < -0.3 is 20.1 Å². The van der Waals surface area contributed by atoms with Crippen LogP contribution in [0.25, 0.3) is 23.1 Å². The van der Waals surface area contributed by atoms with Gasteiger partial charge in [0.15, 0.2) is 0 Å². The molecule has 0 saturated carbocycles. The number of para-hydroxylation sites is 1. The summed E-state index contributed by atoms with van der Waals surface area (Å²) in [4.78, 5) is 33.8. The van der Waals surface area contributed by atoms with E-state index in [4.69, 9.17) is 0 Å². The van der Waals surface area contributed by atoms with Crippen LogP contribution in [0.4, 0.5) is 0 Å². The summed E-state index contributed by atoms with van der Waals surface area (Å²) in [6.45, 7) is 2.60. The van der Waals surface area contributed by atoms with Crippen molar-refractivity contribution < 1.29 is 9.59 Å². The van der Waals surface area contributed by atoms with Crippen LogP contribution in [-0.4, -0.2) is 52.8 Å². The topological polar surface area (TPSA) is 68.4 Å². The van der Waals surface area contributed by atoms with Crippen LogP contribution in [0.3, 0.4) is 0 Å². The molecule has 2 amide bonds. The molecule has 2 N–H and O–H groups in total. The molecule has 6 heteroatoms. The Morgan fingerprint density at radius 2 is 1.47 bits per heavy atom. The first-order chi connectivity index (χ1) is 17.7. The van der Waals surface area contributed by atoms with Crippen molar-refractivity contribution >= 4 is 34.9 Å². The minimum Gasteiger partial charge on any atom is -0.374 e. The molecular formula is C30H28N4O2. The van der Waals surface area contributed by atoms with E-state index in [1.54, 1.807) is 23.1 Å². The number of nitrogens with zero attached hydrogens (tertiary/aromatic N) is 2. The number of piperazine rings is 1. The Balaban J connectivity index is 1.34. The minimum atomic E-state index is -0.306. The monoisotopic (exact) mass is 476 g/mol. The second-order valence-corrected chi connectivity index (χ2v) is 8.72. The Kier molecular flexibility index (Phi) is 6.94. The van der Waals surface area contributed by atoms with Gasteiger partial charge in [-0.15, -0.1) is 0 Å². The second kappa shape index (κ2) is 10.8. The highest BCUT2D eigenvalue weighted by atomic mass is 16.2. The Morgan fingerprint density at radius 1 is 0.806 bits per heavy atom. The number of fused-ring (bicyclic) bond motifs is 1. The molecule has 3 aromatic carbocycles. The van der Waals surface area contributed by atoms with E-state index in [0.29, 0.717) is 18.7 Å². The summed E-state index contributed by atoms with van der Waals surface area (Å²) in [6, 6.07) is 27.0. The SMILES string of the molecule is O=C(N/C(=C\c1c[nH]c2ccccc12)C(=O)N1CCN(/C=C/c2ccccc2)CC1)c1ccccc1. The first kappa shape index (κ1) is 23.2. The lowest BCUT2D eigenvalue weighted by Crippen LogP contribution is -2.48. The summed E-state index contributed by atoms with van der Waals surface area (Å²) in [5.41, 5.74) is 3.74. The number of carbonyl (C=O) groups excluding carboxylic acids is 2. The quantitative estimate of drug-likeness (QED) is 0.395. The van der Waals surface area contributed by atoms with Crippen molar-refractivity contribution in [3.05, 3.63) is 120 Å². The lowest BCUT2D eigenvalue weighted by atomic mass is 10.1. The molecule has 36 heavy (non-hydrogen) atoms. The summed E-state index contributed by atoms with van der Waals surface area (Å²) < 4.78 is 0. The van der Waals surface area contributed by atoms with Gasteiger partial charge in [-0.1, -0.05) is 66.7 Å². The van der Waals surface area contributed by atoms with E-state index in [9.17, 15) is 9.59 Å². The van der Waals surface area contributed by atoms with Crippen LogP contribution in [0.15, 0.2) is 103 Å². The largest absolute Gasteiger partial charge is 0.374 e. The molecule has 2 heterocycles. The van der Waals surface area contributed by atoms with Crippen molar-refractivity contribution in [1.29, 1.82) is 0 Å². The average molecular weight is 477 g/mol. The normalized spacial score (nSPS) is 14.4. The molecule has 0 bridgehead atoms. The van der Waals surface area contributed by atoms with Crippen LogP contribution in [0.5, 0.6) is 0 Å². The fraction of sp³-hybridized carbons (Fsp3) is 0.133. The Hall–Kier alpha value is -4.58. The number of rotatable bonds is 6. The zero-order valence-corrected chi connectivity index (χ0v) is 19.9. The van der Waals surface area contributed by atoms with E-state index in [2.05, 4.69) is 39.6 Å². The maximum Gasteiger partial charge on any atom is 0.270 e. The van der Waals surface area contributed by atoms with Gasteiger partial charge in [0.2, 0.25) is 0 Å². The molecule has 0 aliphatic carbocycles. The third kappa shape index (κ3) is 5.39. The molecule has 6 nitrogen and oxygen atoms in total. The summed E-state index contributed by atoms with van der Waals surface area (Å²) in [5, 5.41) is 3.87. The molecule has 1 aliphatic heterocycles. The molecule has 1 aliphatic rings. The van der Waals surface area contributed by atoms with Crippen LogP contribution in [-0.2, 0) is 4.79 Å². The maximum atomic E-state index is 13.6. The number of benzene rings is 3. The zero-order chi connectivity index (χ0) is 24.7. The first-order valence-corrected chi connectivity index (χ1v) is 12.1. The van der Waals surface area contributed by atoms with Crippen molar-refractivity contribution in [1.82, 2.24) is 20.1 Å². The van der Waals surface area contributed by atoms with Crippen molar-refractivity contribution in [3.8, 4) is 0 Å². The molecule has 0 atom stereocenters. The highest BCUT2D eigenvalue weighted by molar-refractivity contribution is 6.06. The van der Waals surface area contributed by atoms with Crippen LogP contribution in [0, 0.1) is 0 Å². The van der Waals surface area contributed by atoms with Crippen molar-refractivity contribution in [3.63, 3.8) is 0 Å². The number of hydrogen-bond donors (Lipinski definition) is 2. The Labute approximate surface area is 210 Å². The maximum absolute atomic E-state index is 13.6. The van der Waals surface area contributed by atoms with Crippen molar-refractivity contribution in [2.45, 2.75) is 0 Å². The van der Waals surface area contributed by atoms with Crippen LogP contribution in [0.2, 0.25) is 0 Å². The second-order valence-electron chi connectivity index (χ2n) is 8.72. The van der Waals surface area contributed by atoms with Gasteiger partial charge in [0.05, 0.1) is 0 Å². The van der Waals surface area contributed by atoms with Gasteiger partial charge in [-0.05, 0) is 42.1 Å². The molecule has 0 unspecified atom stereocenters. The van der Waals surface area contributed by atoms with Crippen LogP contribution < -0.4 is 5.32 Å². The lowest BCUT2D eigenvalue weighted by molar-refractivity contribution is -0.128. The van der Waals surface area contributed by atoms with E-state index < -0.39 is 0 Å². The molecule has 0 radical (unpaired) electrons. The molecule has 1 aromatic heterocycles. The third-order valence-corrected chi connectivity index (χ3v) is 6.31. The van der Waals surface area contributed by atoms with Crippen molar-refractivity contribution in [2.75, 3.05) is 26.2 Å². The molecule has 0 spiro atoms. The van der Waals surface area contributed by atoms with Crippen LogP contribution >= 0.6 is 0 Å². The molecule has 1 fully saturated rings. The van der Waals surface area contributed by atoms with Gasteiger partial charge in [0, 0.05) is 54.4 Å². The summed E-state index contributed by atoms with van der Waals surface area (Å²) in [5.74, 6) is -0.490.